The van der Waals surface area contributed by atoms with E-state index in [2.05, 4.69) is 4.72 Å². The molecule has 5 heteroatoms. The van der Waals surface area contributed by atoms with Crippen LogP contribution in [0.5, 0.6) is 0 Å². The van der Waals surface area contributed by atoms with Crippen molar-refractivity contribution < 1.29 is 13.5 Å². The van der Waals surface area contributed by atoms with Gasteiger partial charge in [0.05, 0.1) is 11.5 Å². The zero-order valence-electron chi connectivity index (χ0n) is 11.2. The van der Waals surface area contributed by atoms with Gasteiger partial charge in [-0.1, -0.05) is 31.2 Å². The van der Waals surface area contributed by atoms with Gasteiger partial charge in [-0.05, 0) is 41.8 Å². The Kier molecular flexibility index (Phi) is 4.42. The lowest BCUT2D eigenvalue weighted by molar-refractivity contribution is 0.282. The molecule has 2 aromatic rings. The Morgan fingerprint density at radius 3 is 2.35 bits per heavy atom. The SMILES string of the molecule is CCc1ccc(S(=O)(=O)Nc2cccc(CO)c2)cc1. The normalized spacial score (nSPS) is 11.3. The first-order valence-electron chi connectivity index (χ1n) is 6.36. The molecule has 0 bridgehead atoms. The third-order valence-corrected chi connectivity index (χ3v) is 4.40. The quantitative estimate of drug-likeness (QED) is 0.889. The minimum atomic E-state index is -3.59. The van der Waals surface area contributed by atoms with E-state index in [9.17, 15) is 8.42 Å². The van der Waals surface area contributed by atoms with Crippen LogP contribution in [-0.4, -0.2) is 13.5 Å². The number of aryl methyl sites for hydroxylation is 1. The first-order valence-corrected chi connectivity index (χ1v) is 7.85. The Hall–Kier alpha value is -1.85. The van der Waals surface area contributed by atoms with E-state index >= 15 is 0 Å². The van der Waals surface area contributed by atoms with Crippen LogP contribution in [0.15, 0.2) is 53.4 Å². The summed E-state index contributed by atoms with van der Waals surface area (Å²) in [6.07, 6.45) is 0.867. The van der Waals surface area contributed by atoms with E-state index in [4.69, 9.17) is 5.11 Å². The number of aliphatic hydroxyl groups is 1. The van der Waals surface area contributed by atoms with Crippen molar-refractivity contribution in [2.45, 2.75) is 24.8 Å². The minimum absolute atomic E-state index is 0.124. The highest BCUT2D eigenvalue weighted by Crippen LogP contribution is 2.18. The van der Waals surface area contributed by atoms with E-state index in [1.54, 1.807) is 48.5 Å². The number of rotatable bonds is 5. The molecular formula is C15H17NO3S. The number of sulfonamides is 1. The van der Waals surface area contributed by atoms with E-state index in [-0.39, 0.29) is 11.5 Å². The molecule has 0 unspecified atom stereocenters. The van der Waals surface area contributed by atoms with Crippen LogP contribution < -0.4 is 4.72 Å². The lowest BCUT2D eigenvalue weighted by Gasteiger charge is -2.09. The molecule has 20 heavy (non-hydrogen) atoms. The lowest BCUT2D eigenvalue weighted by Crippen LogP contribution is -2.13. The van der Waals surface area contributed by atoms with Crippen LogP contribution in [0.1, 0.15) is 18.1 Å². The maximum absolute atomic E-state index is 12.2. The fraction of sp³-hybridized carbons (Fsp3) is 0.200. The monoisotopic (exact) mass is 291 g/mol. The van der Waals surface area contributed by atoms with Crippen molar-refractivity contribution in [1.82, 2.24) is 0 Å². The zero-order valence-corrected chi connectivity index (χ0v) is 12.0. The Bertz CT molecular complexity index is 679. The summed E-state index contributed by atoms with van der Waals surface area (Å²) in [6.45, 7) is 1.89. The minimum Gasteiger partial charge on any atom is -0.392 e. The molecule has 0 fully saturated rings. The summed E-state index contributed by atoms with van der Waals surface area (Å²) in [5.41, 5.74) is 2.19. The van der Waals surface area contributed by atoms with Gasteiger partial charge >= 0.3 is 0 Å². The molecule has 106 valence electrons. The van der Waals surface area contributed by atoms with Gasteiger partial charge in [0, 0.05) is 5.69 Å². The Balaban J connectivity index is 2.25. The van der Waals surface area contributed by atoms with Gasteiger partial charge in [-0.2, -0.15) is 0 Å². The van der Waals surface area contributed by atoms with Crippen LogP contribution >= 0.6 is 0 Å². The molecule has 0 amide bonds. The van der Waals surface area contributed by atoms with E-state index in [1.807, 2.05) is 6.92 Å². The van der Waals surface area contributed by atoms with Gasteiger partial charge in [-0.3, -0.25) is 4.72 Å². The van der Waals surface area contributed by atoms with Crippen LogP contribution in [-0.2, 0) is 23.1 Å². The maximum Gasteiger partial charge on any atom is 0.261 e. The average Bonchev–Trinajstić information content (AvgIpc) is 2.47. The largest absolute Gasteiger partial charge is 0.392 e. The summed E-state index contributed by atoms with van der Waals surface area (Å²) < 4.78 is 27.0. The molecule has 4 nitrogen and oxygen atoms in total. The average molecular weight is 291 g/mol. The Morgan fingerprint density at radius 1 is 1.05 bits per heavy atom. The van der Waals surface area contributed by atoms with Crippen molar-refractivity contribution >= 4 is 15.7 Å². The van der Waals surface area contributed by atoms with Gasteiger partial charge in [-0.15, -0.1) is 0 Å². The predicted molar refractivity (Wildman–Crippen MR) is 79.0 cm³/mol. The van der Waals surface area contributed by atoms with Crippen LogP contribution in [0.3, 0.4) is 0 Å². The lowest BCUT2D eigenvalue weighted by atomic mass is 10.2. The van der Waals surface area contributed by atoms with Crippen molar-refractivity contribution in [2.24, 2.45) is 0 Å². The third-order valence-electron chi connectivity index (χ3n) is 3.00. The topological polar surface area (TPSA) is 66.4 Å². The number of hydrogen-bond donors (Lipinski definition) is 2. The molecule has 0 aliphatic heterocycles. The van der Waals surface area contributed by atoms with Gasteiger partial charge < -0.3 is 5.11 Å². The van der Waals surface area contributed by atoms with E-state index < -0.39 is 10.0 Å². The van der Waals surface area contributed by atoms with E-state index in [0.29, 0.717) is 11.3 Å². The number of hydrogen-bond acceptors (Lipinski definition) is 3. The van der Waals surface area contributed by atoms with Crippen molar-refractivity contribution in [1.29, 1.82) is 0 Å². The number of aliphatic hydroxyl groups excluding tert-OH is 1. The molecule has 0 heterocycles. The van der Waals surface area contributed by atoms with Crippen molar-refractivity contribution in [3.05, 3.63) is 59.7 Å². The first-order chi connectivity index (χ1) is 9.55. The summed E-state index contributed by atoms with van der Waals surface area (Å²) in [4.78, 5) is 0.226. The molecule has 0 saturated carbocycles. The predicted octanol–water partition coefficient (Wildman–Crippen LogP) is 2.54. The fourth-order valence-electron chi connectivity index (χ4n) is 1.85. The zero-order chi connectivity index (χ0) is 14.6. The van der Waals surface area contributed by atoms with E-state index in [1.165, 1.54) is 0 Å². The molecule has 0 spiro atoms. The molecule has 2 aromatic carbocycles. The molecule has 0 aliphatic rings. The van der Waals surface area contributed by atoms with Crippen LogP contribution in [0.4, 0.5) is 5.69 Å². The fourth-order valence-corrected chi connectivity index (χ4v) is 2.90. The van der Waals surface area contributed by atoms with Gasteiger partial charge in [0.2, 0.25) is 0 Å². The summed E-state index contributed by atoms with van der Waals surface area (Å²) >= 11 is 0. The van der Waals surface area contributed by atoms with Crippen molar-refractivity contribution in [2.75, 3.05) is 4.72 Å². The van der Waals surface area contributed by atoms with Gasteiger partial charge in [0.25, 0.3) is 10.0 Å². The number of benzene rings is 2. The molecule has 0 aliphatic carbocycles. The van der Waals surface area contributed by atoms with Crippen LogP contribution in [0, 0.1) is 0 Å². The highest BCUT2D eigenvalue weighted by molar-refractivity contribution is 7.92. The van der Waals surface area contributed by atoms with Crippen molar-refractivity contribution in [3.63, 3.8) is 0 Å². The van der Waals surface area contributed by atoms with Gasteiger partial charge in [0.15, 0.2) is 0 Å². The summed E-state index contributed by atoms with van der Waals surface area (Å²) in [7, 11) is -3.59. The second-order valence-corrected chi connectivity index (χ2v) is 6.14. The standard InChI is InChI=1S/C15H17NO3S/c1-2-12-6-8-15(9-7-12)20(18,19)16-14-5-3-4-13(10-14)11-17/h3-10,16-17H,2,11H2,1H3. The van der Waals surface area contributed by atoms with Crippen molar-refractivity contribution in [3.8, 4) is 0 Å². The maximum atomic E-state index is 12.2. The molecule has 0 aromatic heterocycles. The van der Waals surface area contributed by atoms with Gasteiger partial charge in [0.1, 0.15) is 0 Å². The second kappa shape index (κ2) is 6.07. The number of anilines is 1. The summed E-state index contributed by atoms with van der Waals surface area (Å²) in [5, 5.41) is 9.06. The Labute approximate surface area is 119 Å². The summed E-state index contributed by atoms with van der Waals surface area (Å²) in [6, 6.07) is 13.5. The first kappa shape index (κ1) is 14.6. The highest BCUT2D eigenvalue weighted by atomic mass is 32.2. The van der Waals surface area contributed by atoms with Crippen LogP contribution in [0.2, 0.25) is 0 Å². The third kappa shape index (κ3) is 3.37. The second-order valence-electron chi connectivity index (χ2n) is 4.46. The van der Waals surface area contributed by atoms with Crippen LogP contribution in [0.25, 0.3) is 0 Å². The molecule has 0 saturated heterocycles. The smallest absolute Gasteiger partial charge is 0.261 e. The van der Waals surface area contributed by atoms with Gasteiger partial charge in [-0.25, -0.2) is 8.42 Å². The molecular weight excluding hydrogens is 274 g/mol. The molecule has 2 rings (SSSR count). The molecule has 0 atom stereocenters. The summed E-state index contributed by atoms with van der Waals surface area (Å²) in [5.74, 6) is 0. The number of nitrogens with one attached hydrogen (secondary N) is 1. The van der Waals surface area contributed by atoms with E-state index in [0.717, 1.165) is 12.0 Å². The Morgan fingerprint density at radius 2 is 1.75 bits per heavy atom. The molecule has 0 radical (unpaired) electrons. The molecule has 2 N–H and O–H groups in total. The highest BCUT2D eigenvalue weighted by Gasteiger charge is 2.13.